The first kappa shape index (κ1) is 24.7. The van der Waals surface area contributed by atoms with Gasteiger partial charge in [-0.3, -0.25) is 4.79 Å². The zero-order valence-corrected chi connectivity index (χ0v) is 19.5. The number of amides is 1. The molecule has 1 N–H and O–H groups in total. The van der Waals surface area contributed by atoms with Gasteiger partial charge in [0.1, 0.15) is 22.6 Å². The van der Waals surface area contributed by atoms with Gasteiger partial charge in [-0.15, -0.1) is 0 Å². The summed E-state index contributed by atoms with van der Waals surface area (Å²) in [7, 11) is 0. The monoisotopic (exact) mass is 489 g/mol. The summed E-state index contributed by atoms with van der Waals surface area (Å²) in [6.45, 7) is 3.32. The maximum Gasteiger partial charge on any atom is 0.251 e. The predicted octanol–water partition coefficient (Wildman–Crippen LogP) is 6.84. The molecule has 2 aromatic carbocycles. The Kier molecular flexibility index (Phi) is 10.7. The van der Waals surface area contributed by atoms with Crippen molar-refractivity contribution < 1.29 is 14.3 Å². The van der Waals surface area contributed by atoms with Crippen molar-refractivity contribution in [1.82, 2.24) is 5.32 Å². The molecule has 0 aliphatic heterocycles. The highest BCUT2D eigenvalue weighted by Gasteiger charge is 2.11. The summed E-state index contributed by atoms with van der Waals surface area (Å²) in [6, 6.07) is 10.4. The van der Waals surface area contributed by atoms with Gasteiger partial charge in [-0.25, -0.2) is 0 Å². The molecule has 30 heavy (non-hydrogen) atoms. The minimum atomic E-state index is -0.121. The molecule has 0 saturated carbocycles. The van der Waals surface area contributed by atoms with E-state index in [2.05, 4.69) is 5.32 Å². The molecule has 2 aromatic rings. The van der Waals surface area contributed by atoms with Crippen molar-refractivity contribution in [2.45, 2.75) is 26.2 Å². The average Bonchev–Trinajstić information content (AvgIpc) is 2.71. The molecule has 0 saturated heterocycles. The zero-order valence-electron chi connectivity index (χ0n) is 16.5. The maximum absolute atomic E-state index is 12.0. The van der Waals surface area contributed by atoms with Crippen LogP contribution in [-0.4, -0.2) is 25.7 Å². The minimum Gasteiger partial charge on any atom is -0.492 e. The van der Waals surface area contributed by atoms with Crippen LogP contribution in [0.3, 0.4) is 0 Å². The fourth-order valence-corrected chi connectivity index (χ4v) is 3.17. The van der Waals surface area contributed by atoms with E-state index in [9.17, 15) is 4.79 Å². The molecule has 0 heterocycles. The Hall–Kier alpha value is -1.59. The molecule has 0 atom stereocenters. The molecular weight excluding hydrogens is 468 g/mol. The molecule has 1 amide bonds. The number of unbranched alkanes of at least 4 members (excludes halogenated alkanes) is 1. The van der Waals surface area contributed by atoms with E-state index >= 15 is 0 Å². The normalized spacial score (nSPS) is 10.4. The van der Waals surface area contributed by atoms with Crippen LogP contribution in [0.25, 0.3) is 0 Å². The second kappa shape index (κ2) is 13.0. The lowest BCUT2D eigenvalue weighted by atomic mass is 10.1. The average molecular weight is 491 g/mol. The number of halogens is 4. The van der Waals surface area contributed by atoms with Gasteiger partial charge in [-0.2, -0.15) is 0 Å². The molecule has 8 heteroatoms. The van der Waals surface area contributed by atoms with Crippen LogP contribution in [0.5, 0.6) is 11.5 Å². The Morgan fingerprint density at radius 1 is 1.07 bits per heavy atom. The van der Waals surface area contributed by atoms with Crippen LogP contribution in [0.4, 0.5) is 0 Å². The van der Waals surface area contributed by atoms with E-state index in [1.807, 2.05) is 13.0 Å². The molecule has 162 valence electrons. The number of carbonyl (C=O) groups excluding carboxylic acids is 1. The van der Waals surface area contributed by atoms with Crippen LogP contribution in [0.2, 0.25) is 10.0 Å². The lowest BCUT2D eigenvalue weighted by Gasteiger charge is -2.14. The van der Waals surface area contributed by atoms with Crippen LogP contribution in [0.15, 0.2) is 47.0 Å². The summed E-state index contributed by atoms with van der Waals surface area (Å²) in [6.07, 6.45) is 3.86. The van der Waals surface area contributed by atoms with Crippen molar-refractivity contribution in [2.24, 2.45) is 0 Å². The zero-order chi connectivity index (χ0) is 21.9. The highest BCUT2D eigenvalue weighted by atomic mass is 35.5. The first-order chi connectivity index (χ1) is 14.4. The van der Waals surface area contributed by atoms with Gasteiger partial charge in [0.25, 0.3) is 5.91 Å². The van der Waals surface area contributed by atoms with Gasteiger partial charge < -0.3 is 14.8 Å². The van der Waals surface area contributed by atoms with E-state index in [-0.39, 0.29) is 17.0 Å². The summed E-state index contributed by atoms with van der Waals surface area (Å²) >= 11 is 23.4. The summed E-state index contributed by atoms with van der Waals surface area (Å²) < 4.78 is 11.6. The fraction of sp³-hybridized carbons (Fsp3) is 0.318. The summed E-state index contributed by atoms with van der Waals surface area (Å²) in [4.78, 5) is 12.0. The van der Waals surface area contributed by atoms with E-state index in [1.165, 1.54) is 0 Å². The molecule has 0 bridgehead atoms. The van der Waals surface area contributed by atoms with Crippen molar-refractivity contribution in [3.05, 3.63) is 68.1 Å². The van der Waals surface area contributed by atoms with Crippen LogP contribution >= 0.6 is 46.4 Å². The topological polar surface area (TPSA) is 47.6 Å². The van der Waals surface area contributed by atoms with Crippen LogP contribution in [-0.2, 0) is 6.42 Å². The smallest absolute Gasteiger partial charge is 0.251 e. The molecule has 0 aromatic heterocycles. The number of hydrogen-bond donors (Lipinski definition) is 1. The standard InChI is InChI=1S/C22H23Cl4NO3/c1-2-15-13-18(29-12-9-20(25)26)14-19(24)21(15)30-11-4-3-10-27-22(28)16-5-7-17(23)8-6-16/h5-9,13-14H,2-4,10-12H2,1H3,(H,27,28). The van der Waals surface area contributed by atoms with Crippen LogP contribution in [0, 0.1) is 0 Å². The molecule has 0 aliphatic rings. The van der Waals surface area contributed by atoms with Gasteiger partial charge in [0, 0.05) is 23.2 Å². The van der Waals surface area contributed by atoms with Crippen LogP contribution < -0.4 is 14.8 Å². The van der Waals surface area contributed by atoms with Gasteiger partial charge in [-0.1, -0.05) is 53.3 Å². The first-order valence-corrected chi connectivity index (χ1v) is 11.0. The maximum atomic E-state index is 12.0. The Balaban J connectivity index is 1.77. The van der Waals surface area contributed by atoms with Gasteiger partial charge in [0.2, 0.25) is 0 Å². The van der Waals surface area contributed by atoms with Crippen molar-refractivity contribution in [3.63, 3.8) is 0 Å². The lowest BCUT2D eigenvalue weighted by molar-refractivity contribution is 0.0952. The number of aryl methyl sites for hydroxylation is 1. The Bertz CT molecular complexity index is 865. The highest BCUT2D eigenvalue weighted by molar-refractivity contribution is 6.55. The highest BCUT2D eigenvalue weighted by Crippen LogP contribution is 2.34. The van der Waals surface area contributed by atoms with Crippen molar-refractivity contribution >= 4 is 52.3 Å². The van der Waals surface area contributed by atoms with E-state index in [4.69, 9.17) is 55.9 Å². The molecule has 0 fully saturated rings. The SMILES string of the molecule is CCc1cc(OCC=C(Cl)Cl)cc(Cl)c1OCCCCNC(=O)c1ccc(Cl)cc1. The largest absolute Gasteiger partial charge is 0.492 e. The summed E-state index contributed by atoms with van der Waals surface area (Å²) in [5.41, 5.74) is 1.54. The molecule has 4 nitrogen and oxygen atoms in total. The van der Waals surface area contributed by atoms with Gasteiger partial charge in [0.15, 0.2) is 0 Å². The van der Waals surface area contributed by atoms with E-state index in [0.717, 1.165) is 24.8 Å². The number of hydrogen-bond acceptors (Lipinski definition) is 3. The van der Waals surface area contributed by atoms with E-state index < -0.39 is 0 Å². The number of carbonyl (C=O) groups is 1. The van der Waals surface area contributed by atoms with E-state index in [0.29, 0.717) is 40.3 Å². The third kappa shape index (κ3) is 8.27. The first-order valence-electron chi connectivity index (χ1n) is 9.53. The molecule has 0 unspecified atom stereocenters. The predicted molar refractivity (Wildman–Crippen MR) is 125 cm³/mol. The molecule has 0 radical (unpaired) electrons. The number of rotatable bonds is 11. The van der Waals surface area contributed by atoms with Gasteiger partial charge in [-0.05, 0) is 61.2 Å². The summed E-state index contributed by atoms with van der Waals surface area (Å²) in [5, 5.41) is 3.97. The Labute approximate surface area is 197 Å². The summed E-state index contributed by atoms with van der Waals surface area (Å²) in [5.74, 6) is 1.16. The quantitative estimate of drug-likeness (QED) is 0.350. The van der Waals surface area contributed by atoms with E-state index in [1.54, 1.807) is 36.4 Å². The van der Waals surface area contributed by atoms with Crippen LogP contribution in [0.1, 0.15) is 35.7 Å². The van der Waals surface area contributed by atoms with Crippen molar-refractivity contribution in [2.75, 3.05) is 19.8 Å². The minimum absolute atomic E-state index is 0.121. The Morgan fingerprint density at radius 2 is 1.80 bits per heavy atom. The number of nitrogens with one attached hydrogen (secondary N) is 1. The molecular formula is C22H23Cl4NO3. The van der Waals surface area contributed by atoms with Crippen molar-refractivity contribution in [1.29, 1.82) is 0 Å². The second-order valence-corrected chi connectivity index (χ2v) is 8.22. The van der Waals surface area contributed by atoms with Gasteiger partial charge >= 0.3 is 0 Å². The second-order valence-electron chi connectivity index (χ2n) is 6.37. The fourth-order valence-electron chi connectivity index (χ4n) is 2.64. The van der Waals surface area contributed by atoms with Crippen molar-refractivity contribution in [3.8, 4) is 11.5 Å². The molecule has 0 spiro atoms. The third-order valence-electron chi connectivity index (χ3n) is 4.17. The lowest BCUT2D eigenvalue weighted by Crippen LogP contribution is -2.24. The number of ether oxygens (including phenoxy) is 2. The Morgan fingerprint density at radius 3 is 2.47 bits per heavy atom. The third-order valence-corrected chi connectivity index (χ3v) is 5.01. The molecule has 0 aliphatic carbocycles. The number of benzene rings is 2. The van der Waals surface area contributed by atoms with Gasteiger partial charge in [0.05, 0.1) is 11.6 Å². The molecule has 2 rings (SSSR count).